The highest BCUT2D eigenvalue weighted by Gasteiger charge is 2.45. The molecule has 0 heterocycles. The van der Waals surface area contributed by atoms with Gasteiger partial charge in [-0.2, -0.15) is 0 Å². The van der Waals surface area contributed by atoms with Crippen LogP contribution in [-0.2, 0) is 25.7 Å². The van der Waals surface area contributed by atoms with E-state index in [-0.39, 0.29) is 6.61 Å². The molecule has 0 saturated carbocycles. The predicted octanol–water partition coefficient (Wildman–Crippen LogP) is 4.58. The summed E-state index contributed by atoms with van der Waals surface area (Å²) in [5.74, 6) is -0.952. The lowest BCUT2D eigenvalue weighted by Gasteiger charge is -2.27. The van der Waals surface area contributed by atoms with Crippen molar-refractivity contribution in [3.63, 3.8) is 0 Å². The first-order valence-electron chi connectivity index (χ1n) is 8.90. The van der Waals surface area contributed by atoms with Crippen molar-refractivity contribution in [2.45, 2.75) is 66.4 Å². The van der Waals surface area contributed by atoms with E-state index in [0.717, 1.165) is 30.4 Å². The quantitative estimate of drug-likeness (QED) is 0.357. The van der Waals surface area contributed by atoms with E-state index >= 15 is 0 Å². The Morgan fingerprint density at radius 3 is 2.25 bits per heavy atom. The molecule has 0 atom stereocenters. The number of rotatable bonds is 10. The van der Waals surface area contributed by atoms with Crippen molar-refractivity contribution in [1.29, 1.82) is 0 Å². The van der Waals surface area contributed by atoms with E-state index in [1.807, 2.05) is 45.0 Å². The zero-order chi connectivity index (χ0) is 18.0. The van der Waals surface area contributed by atoms with Crippen LogP contribution in [0.5, 0.6) is 0 Å². The van der Waals surface area contributed by atoms with Crippen molar-refractivity contribution >= 4 is 11.9 Å². The average molecular weight is 334 g/mol. The van der Waals surface area contributed by atoms with Crippen molar-refractivity contribution < 1.29 is 19.1 Å². The lowest BCUT2D eigenvalue weighted by Crippen LogP contribution is -2.41. The van der Waals surface area contributed by atoms with Crippen LogP contribution in [0.25, 0.3) is 0 Å². The van der Waals surface area contributed by atoms with Gasteiger partial charge in [0.25, 0.3) is 0 Å². The largest absolute Gasteiger partial charge is 0.465 e. The van der Waals surface area contributed by atoms with Gasteiger partial charge in [0.15, 0.2) is 5.41 Å². The molecule has 0 amide bonds. The Bertz CT molecular complexity index is 532. The molecule has 4 heteroatoms. The summed E-state index contributed by atoms with van der Waals surface area (Å²) in [4.78, 5) is 25.1. The molecule has 4 nitrogen and oxygen atoms in total. The van der Waals surface area contributed by atoms with E-state index in [9.17, 15) is 9.59 Å². The summed E-state index contributed by atoms with van der Waals surface area (Å²) in [7, 11) is 0. The van der Waals surface area contributed by atoms with E-state index in [0.29, 0.717) is 19.4 Å². The number of hydrogen-bond acceptors (Lipinski definition) is 4. The maximum Gasteiger partial charge on any atom is 0.323 e. The van der Waals surface area contributed by atoms with Gasteiger partial charge in [-0.15, -0.1) is 0 Å². The standard InChI is InChI=1S/C20H30O4/c1-5-8-9-13-23-18(21)20(6-2,7-3)19(22)24-15-17-12-10-11-16(4)14-17/h10-12,14H,5-9,13,15H2,1-4H3. The first kappa shape index (κ1) is 20.2. The third kappa shape index (κ3) is 5.36. The maximum absolute atomic E-state index is 12.6. The summed E-state index contributed by atoms with van der Waals surface area (Å²) in [5, 5.41) is 0. The highest BCUT2D eigenvalue weighted by molar-refractivity contribution is 5.99. The van der Waals surface area contributed by atoms with Gasteiger partial charge >= 0.3 is 11.9 Å². The summed E-state index contributed by atoms with van der Waals surface area (Å²) in [6.07, 6.45) is 3.65. The number of hydrogen-bond donors (Lipinski definition) is 0. The van der Waals surface area contributed by atoms with E-state index in [1.54, 1.807) is 0 Å². The number of carbonyl (C=O) groups excluding carboxylic acids is 2. The van der Waals surface area contributed by atoms with E-state index in [2.05, 4.69) is 6.92 Å². The molecule has 0 fully saturated rings. The van der Waals surface area contributed by atoms with Crippen LogP contribution in [0, 0.1) is 12.3 Å². The van der Waals surface area contributed by atoms with Gasteiger partial charge in [0.05, 0.1) is 6.61 Å². The van der Waals surface area contributed by atoms with Gasteiger partial charge in [0.1, 0.15) is 6.61 Å². The third-order valence-electron chi connectivity index (χ3n) is 4.42. The van der Waals surface area contributed by atoms with Crippen molar-refractivity contribution in [3.8, 4) is 0 Å². The highest BCUT2D eigenvalue weighted by Crippen LogP contribution is 2.30. The minimum absolute atomic E-state index is 0.172. The molecular formula is C20H30O4. The fourth-order valence-electron chi connectivity index (χ4n) is 2.65. The Labute approximate surface area is 145 Å². The van der Waals surface area contributed by atoms with Crippen molar-refractivity contribution in [3.05, 3.63) is 35.4 Å². The number of unbranched alkanes of at least 4 members (excludes halogenated alkanes) is 2. The van der Waals surface area contributed by atoms with Crippen molar-refractivity contribution in [2.24, 2.45) is 5.41 Å². The van der Waals surface area contributed by atoms with E-state index in [4.69, 9.17) is 9.47 Å². The molecule has 24 heavy (non-hydrogen) atoms. The van der Waals surface area contributed by atoms with Crippen LogP contribution >= 0.6 is 0 Å². The number of benzene rings is 1. The molecule has 1 rings (SSSR count). The molecule has 1 aromatic carbocycles. The van der Waals surface area contributed by atoms with Gasteiger partial charge in [0, 0.05) is 0 Å². The minimum Gasteiger partial charge on any atom is -0.465 e. The van der Waals surface area contributed by atoms with Gasteiger partial charge in [0.2, 0.25) is 0 Å². The molecule has 0 aromatic heterocycles. The highest BCUT2D eigenvalue weighted by atomic mass is 16.6. The molecule has 0 aliphatic carbocycles. The van der Waals surface area contributed by atoms with Crippen LogP contribution < -0.4 is 0 Å². The van der Waals surface area contributed by atoms with Crippen LogP contribution in [0.4, 0.5) is 0 Å². The summed E-state index contributed by atoms with van der Waals surface area (Å²) in [6, 6.07) is 7.79. The number of ether oxygens (including phenoxy) is 2. The zero-order valence-corrected chi connectivity index (χ0v) is 15.4. The van der Waals surface area contributed by atoms with Crippen LogP contribution in [0.3, 0.4) is 0 Å². The molecule has 0 N–H and O–H groups in total. The molecule has 0 radical (unpaired) electrons. The fraction of sp³-hybridized carbons (Fsp3) is 0.600. The zero-order valence-electron chi connectivity index (χ0n) is 15.4. The summed E-state index contributed by atoms with van der Waals surface area (Å²) in [5.41, 5.74) is 0.827. The maximum atomic E-state index is 12.6. The Morgan fingerprint density at radius 1 is 1.00 bits per heavy atom. The predicted molar refractivity (Wildman–Crippen MR) is 94.5 cm³/mol. The monoisotopic (exact) mass is 334 g/mol. The summed E-state index contributed by atoms with van der Waals surface area (Å²) < 4.78 is 10.8. The molecule has 0 aliphatic rings. The molecule has 0 saturated heterocycles. The molecule has 0 aliphatic heterocycles. The van der Waals surface area contributed by atoms with E-state index in [1.165, 1.54) is 0 Å². The Morgan fingerprint density at radius 2 is 1.67 bits per heavy atom. The molecular weight excluding hydrogens is 304 g/mol. The Balaban J connectivity index is 2.70. The van der Waals surface area contributed by atoms with E-state index < -0.39 is 17.4 Å². The van der Waals surface area contributed by atoms with Gasteiger partial charge in [-0.1, -0.05) is 63.4 Å². The van der Waals surface area contributed by atoms with Crippen LogP contribution in [0.1, 0.15) is 64.0 Å². The summed E-state index contributed by atoms with van der Waals surface area (Å²) >= 11 is 0. The Hall–Kier alpha value is -1.84. The first-order valence-corrected chi connectivity index (χ1v) is 8.90. The fourth-order valence-corrected chi connectivity index (χ4v) is 2.65. The van der Waals surface area contributed by atoms with Crippen molar-refractivity contribution in [1.82, 2.24) is 0 Å². The smallest absolute Gasteiger partial charge is 0.323 e. The second-order valence-electron chi connectivity index (χ2n) is 6.20. The van der Waals surface area contributed by atoms with Gasteiger partial charge in [-0.05, 0) is 31.7 Å². The van der Waals surface area contributed by atoms with Gasteiger partial charge in [-0.3, -0.25) is 9.59 Å². The van der Waals surface area contributed by atoms with Gasteiger partial charge < -0.3 is 9.47 Å². The number of esters is 2. The lowest BCUT2D eigenvalue weighted by molar-refractivity contribution is -0.174. The molecule has 0 unspecified atom stereocenters. The van der Waals surface area contributed by atoms with Crippen LogP contribution in [-0.4, -0.2) is 18.5 Å². The second kappa shape index (κ2) is 10.1. The number of carbonyl (C=O) groups is 2. The second-order valence-corrected chi connectivity index (χ2v) is 6.20. The number of aryl methyl sites for hydroxylation is 1. The first-order chi connectivity index (χ1) is 11.5. The molecule has 134 valence electrons. The van der Waals surface area contributed by atoms with Crippen molar-refractivity contribution in [2.75, 3.05) is 6.61 Å². The molecule has 1 aromatic rings. The normalized spacial score (nSPS) is 11.2. The SMILES string of the molecule is CCCCCOC(=O)C(CC)(CC)C(=O)OCc1cccc(C)c1. The van der Waals surface area contributed by atoms with Gasteiger partial charge in [-0.25, -0.2) is 0 Å². The third-order valence-corrected chi connectivity index (χ3v) is 4.42. The summed E-state index contributed by atoms with van der Waals surface area (Å²) in [6.45, 7) is 8.26. The average Bonchev–Trinajstić information content (AvgIpc) is 2.58. The molecule has 0 bridgehead atoms. The molecule has 0 spiro atoms. The minimum atomic E-state index is -1.20. The topological polar surface area (TPSA) is 52.6 Å². The van der Waals surface area contributed by atoms with Crippen LogP contribution in [0.15, 0.2) is 24.3 Å². The Kier molecular flexibility index (Phi) is 8.51. The van der Waals surface area contributed by atoms with Crippen LogP contribution in [0.2, 0.25) is 0 Å². The lowest BCUT2D eigenvalue weighted by atomic mass is 9.82.